The van der Waals surface area contributed by atoms with E-state index < -0.39 is 0 Å². The van der Waals surface area contributed by atoms with Crippen LogP contribution < -0.4 is 5.32 Å². The summed E-state index contributed by atoms with van der Waals surface area (Å²) in [6.07, 6.45) is 0.699. The monoisotopic (exact) mass is 417 g/mol. The zero-order valence-corrected chi connectivity index (χ0v) is 18.2. The molecule has 2 aromatic heterocycles. The van der Waals surface area contributed by atoms with Gasteiger partial charge in [0.1, 0.15) is 11.9 Å². The Kier molecular flexibility index (Phi) is 5.63. The molecule has 1 N–H and O–H groups in total. The topological polar surface area (TPSA) is 56.4 Å². The fourth-order valence-corrected chi connectivity index (χ4v) is 3.92. The van der Waals surface area contributed by atoms with Crippen molar-refractivity contribution in [1.82, 2.24) is 14.3 Å². The van der Waals surface area contributed by atoms with Gasteiger partial charge < -0.3 is 10.2 Å². The number of nitriles is 1. The van der Waals surface area contributed by atoms with Gasteiger partial charge in [-0.1, -0.05) is 35.9 Å². The van der Waals surface area contributed by atoms with E-state index in [0.717, 1.165) is 46.6 Å². The molecule has 0 radical (unpaired) electrons. The van der Waals surface area contributed by atoms with Crippen molar-refractivity contribution in [2.45, 2.75) is 13.3 Å². The van der Waals surface area contributed by atoms with Gasteiger partial charge in [0, 0.05) is 30.1 Å². The van der Waals surface area contributed by atoms with Gasteiger partial charge >= 0.3 is 0 Å². The molecule has 0 saturated carbocycles. The van der Waals surface area contributed by atoms with E-state index in [1.807, 2.05) is 49.4 Å². The maximum atomic E-state index is 9.96. The molecule has 0 bridgehead atoms. The summed E-state index contributed by atoms with van der Waals surface area (Å²) < 4.78 is 2.10. The third-order valence-corrected chi connectivity index (χ3v) is 5.63. The highest BCUT2D eigenvalue weighted by molar-refractivity contribution is 6.30. The summed E-state index contributed by atoms with van der Waals surface area (Å²) in [7, 11) is 4.12. The number of fused-ring (bicyclic) bond motifs is 3. The predicted octanol–water partition coefficient (Wildman–Crippen LogP) is 4.89. The number of rotatable bonds is 6. The molecule has 6 heteroatoms. The number of halogens is 1. The van der Waals surface area contributed by atoms with E-state index in [2.05, 4.69) is 40.8 Å². The number of hydrogen-bond acceptors (Lipinski definition) is 4. The van der Waals surface area contributed by atoms with E-state index in [-0.39, 0.29) is 0 Å². The number of imidazole rings is 1. The van der Waals surface area contributed by atoms with Crippen LogP contribution in [0.3, 0.4) is 0 Å². The summed E-state index contributed by atoms with van der Waals surface area (Å²) in [5.74, 6) is 0.993. The normalized spacial score (nSPS) is 11.3. The molecule has 0 atom stereocenters. The number of hydrogen-bond donors (Lipinski definition) is 1. The molecule has 0 aliphatic rings. The average molecular weight is 418 g/mol. The van der Waals surface area contributed by atoms with Gasteiger partial charge in [-0.25, -0.2) is 4.98 Å². The Hall–Kier alpha value is -3.07. The lowest BCUT2D eigenvalue weighted by atomic mass is 9.97. The van der Waals surface area contributed by atoms with Crippen LogP contribution in [0.5, 0.6) is 0 Å². The first kappa shape index (κ1) is 20.2. The van der Waals surface area contributed by atoms with Crippen molar-refractivity contribution in [2.75, 3.05) is 32.5 Å². The summed E-state index contributed by atoms with van der Waals surface area (Å²) in [6.45, 7) is 3.70. The quantitative estimate of drug-likeness (QED) is 0.485. The number of pyridine rings is 1. The third-order valence-electron chi connectivity index (χ3n) is 5.38. The zero-order valence-electron chi connectivity index (χ0n) is 17.4. The van der Waals surface area contributed by atoms with Gasteiger partial charge in [-0.2, -0.15) is 5.26 Å². The minimum absolute atomic E-state index is 0.619. The largest absolute Gasteiger partial charge is 0.370 e. The summed E-state index contributed by atoms with van der Waals surface area (Å²) in [4.78, 5) is 6.93. The second-order valence-electron chi connectivity index (χ2n) is 7.73. The minimum atomic E-state index is 0.619. The SMILES string of the molecule is Cc1c(Cc2ccc(Cl)cc2)c(NCCN(C)C)n2c(nc3ccccc32)c1C#N. The van der Waals surface area contributed by atoms with E-state index in [4.69, 9.17) is 16.6 Å². The van der Waals surface area contributed by atoms with Crippen molar-refractivity contribution in [3.63, 3.8) is 0 Å². The van der Waals surface area contributed by atoms with Crippen LogP contribution in [0.1, 0.15) is 22.3 Å². The van der Waals surface area contributed by atoms with Gasteiger partial charge in [0.05, 0.1) is 16.6 Å². The van der Waals surface area contributed by atoms with Crippen LogP contribution in [0, 0.1) is 18.3 Å². The molecule has 0 unspecified atom stereocenters. The molecule has 0 spiro atoms. The van der Waals surface area contributed by atoms with Crippen LogP contribution in [0.15, 0.2) is 48.5 Å². The molecule has 2 heterocycles. The summed E-state index contributed by atoms with van der Waals surface area (Å²) >= 11 is 6.08. The molecular formula is C24H24ClN5. The van der Waals surface area contributed by atoms with Crippen LogP contribution in [-0.2, 0) is 6.42 Å². The Balaban J connectivity index is 1.97. The number of nitrogens with zero attached hydrogens (tertiary/aromatic N) is 4. The van der Waals surface area contributed by atoms with Gasteiger partial charge in [0.2, 0.25) is 0 Å². The van der Waals surface area contributed by atoms with Crippen LogP contribution in [0.4, 0.5) is 5.82 Å². The summed E-state index contributed by atoms with van der Waals surface area (Å²) in [5.41, 5.74) is 6.40. The second kappa shape index (κ2) is 8.35. The third kappa shape index (κ3) is 3.72. The van der Waals surface area contributed by atoms with Crippen molar-refractivity contribution in [3.05, 3.63) is 75.8 Å². The molecule has 0 fully saturated rings. The summed E-state index contributed by atoms with van der Waals surface area (Å²) in [5, 5.41) is 14.3. The molecule has 30 heavy (non-hydrogen) atoms. The minimum Gasteiger partial charge on any atom is -0.370 e. The number of para-hydroxylation sites is 2. The molecule has 152 valence electrons. The lowest BCUT2D eigenvalue weighted by molar-refractivity contribution is 0.425. The van der Waals surface area contributed by atoms with Gasteiger partial charge in [0.15, 0.2) is 5.65 Å². The lowest BCUT2D eigenvalue weighted by Gasteiger charge is -2.20. The maximum Gasteiger partial charge on any atom is 0.157 e. The Morgan fingerprint density at radius 3 is 2.57 bits per heavy atom. The molecule has 0 aliphatic carbocycles. The number of anilines is 1. The fraction of sp³-hybridized carbons (Fsp3) is 0.250. The molecular weight excluding hydrogens is 394 g/mol. The van der Waals surface area contributed by atoms with Gasteiger partial charge in [-0.15, -0.1) is 0 Å². The highest BCUT2D eigenvalue weighted by Gasteiger charge is 2.20. The predicted molar refractivity (Wildman–Crippen MR) is 123 cm³/mol. The first-order valence-corrected chi connectivity index (χ1v) is 10.3. The van der Waals surface area contributed by atoms with E-state index in [1.165, 1.54) is 0 Å². The van der Waals surface area contributed by atoms with Crippen molar-refractivity contribution < 1.29 is 0 Å². The van der Waals surface area contributed by atoms with Crippen LogP contribution in [0.2, 0.25) is 5.02 Å². The van der Waals surface area contributed by atoms with Crippen LogP contribution in [-0.4, -0.2) is 41.5 Å². The molecule has 0 saturated heterocycles. The lowest BCUT2D eigenvalue weighted by Crippen LogP contribution is -2.22. The molecule has 0 aliphatic heterocycles. The highest BCUT2D eigenvalue weighted by atomic mass is 35.5. The van der Waals surface area contributed by atoms with E-state index >= 15 is 0 Å². The standard InChI is InChI=1S/C24H24ClN5/c1-16-19(14-17-8-10-18(25)11-9-17)23(27-12-13-29(2)3)30-22-7-5-4-6-21(22)28-24(30)20(16)15-26/h4-11,27H,12-14H2,1-3H3. The molecule has 2 aromatic carbocycles. The first-order chi connectivity index (χ1) is 14.5. The molecule has 4 aromatic rings. The number of nitrogens with one attached hydrogen (secondary N) is 1. The van der Waals surface area contributed by atoms with Gasteiger partial charge in [-0.05, 0) is 56.4 Å². The molecule has 5 nitrogen and oxygen atoms in total. The smallest absolute Gasteiger partial charge is 0.157 e. The first-order valence-electron chi connectivity index (χ1n) is 9.95. The molecule has 0 amide bonds. The van der Waals surface area contributed by atoms with Crippen LogP contribution >= 0.6 is 11.6 Å². The van der Waals surface area contributed by atoms with Crippen LogP contribution in [0.25, 0.3) is 16.7 Å². The van der Waals surface area contributed by atoms with Crippen molar-refractivity contribution in [2.24, 2.45) is 0 Å². The Morgan fingerprint density at radius 1 is 1.13 bits per heavy atom. The number of benzene rings is 2. The average Bonchev–Trinajstić information content (AvgIpc) is 3.10. The van der Waals surface area contributed by atoms with E-state index in [0.29, 0.717) is 22.7 Å². The van der Waals surface area contributed by atoms with Crippen molar-refractivity contribution >= 4 is 34.1 Å². The van der Waals surface area contributed by atoms with Crippen molar-refractivity contribution in [3.8, 4) is 6.07 Å². The number of likely N-dealkylation sites (N-methyl/N-ethyl adjacent to an activating group) is 1. The second-order valence-corrected chi connectivity index (χ2v) is 8.17. The fourth-order valence-electron chi connectivity index (χ4n) is 3.79. The van der Waals surface area contributed by atoms with Gasteiger partial charge in [0.25, 0.3) is 0 Å². The van der Waals surface area contributed by atoms with E-state index in [9.17, 15) is 5.26 Å². The Labute approximate surface area is 181 Å². The Bertz CT molecular complexity index is 1250. The van der Waals surface area contributed by atoms with Crippen molar-refractivity contribution in [1.29, 1.82) is 5.26 Å². The summed E-state index contributed by atoms with van der Waals surface area (Å²) in [6, 6.07) is 18.3. The Morgan fingerprint density at radius 2 is 1.87 bits per heavy atom. The highest BCUT2D eigenvalue weighted by Crippen LogP contribution is 2.32. The van der Waals surface area contributed by atoms with E-state index in [1.54, 1.807) is 0 Å². The zero-order chi connectivity index (χ0) is 21.3. The maximum absolute atomic E-state index is 9.96. The van der Waals surface area contributed by atoms with Gasteiger partial charge in [-0.3, -0.25) is 4.40 Å². The molecule has 4 rings (SSSR count). The number of aromatic nitrogens is 2.